The Morgan fingerprint density at radius 1 is 1.41 bits per heavy atom. The zero-order valence-corrected chi connectivity index (χ0v) is 9.85. The normalized spacial score (nSPS) is 16.9. The number of ether oxygens (including phenoxy) is 1. The molecule has 0 bridgehead atoms. The number of carbonyl (C=O) groups excluding carboxylic acids is 1. The number of hydrogen-bond donors (Lipinski definition) is 1. The molecule has 0 unspecified atom stereocenters. The average molecular weight is 238 g/mol. The van der Waals surface area contributed by atoms with Crippen LogP contribution < -0.4 is 5.32 Å². The van der Waals surface area contributed by atoms with Crippen LogP contribution in [0.1, 0.15) is 5.76 Å². The summed E-state index contributed by atoms with van der Waals surface area (Å²) in [7, 11) is 0. The third kappa shape index (κ3) is 4.20. The fourth-order valence-electron chi connectivity index (χ4n) is 1.81. The number of amides is 1. The first kappa shape index (κ1) is 12.1. The van der Waals surface area contributed by atoms with Gasteiger partial charge in [0.2, 0.25) is 5.91 Å². The quantitative estimate of drug-likeness (QED) is 0.800. The van der Waals surface area contributed by atoms with Crippen molar-refractivity contribution in [3.63, 3.8) is 0 Å². The standard InChI is InChI=1S/C12H18N2O3/c15-12(10-11-2-1-7-17-11)13-3-4-14-5-8-16-9-6-14/h1-2,7H,3-6,8-10H2,(H,13,15). The Morgan fingerprint density at radius 3 is 2.94 bits per heavy atom. The second kappa shape index (κ2) is 6.42. The van der Waals surface area contributed by atoms with Gasteiger partial charge in [-0.3, -0.25) is 9.69 Å². The number of carbonyl (C=O) groups is 1. The summed E-state index contributed by atoms with van der Waals surface area (Å²) in [4.78, 5) is 13.8. The lowest BCUT2D eigenvalue weighted by Gasteiger charge is -2.26. The highest BCUT2D eigenvalue weighted by atomic mass is 16.5. The van der Waals surface area contributed by atoms with E-state index < -0.39 is 0 Å². The Labute approximate surface area is 101 Å². The predicted molar refractivity (Wildman–Crippen MR) is 62.7 cm³/mol. The van der Waals surface area contributed by atoms with Crippen LogP contribution in [0.25, 0.3) is 0 Å². The number of nitrogens with zero attached hydrogens (tertiary/aromatic N) is 1. The molecule has 1 fully saturated rings. The molecule has 1 aliphatic heterocycles. The van der Waals surface area contributed by atoms with E-state index in [0.29, 0.717) is 18.7 Å². The molecule has 5 heteroatoms. The molecule has 17 heavy (non-hydrogen) atoms. The molecular weight excluding hydrogens is 220 g/mol. The van der Waals surface area contributed by atoms with Gasteiger partial charge in [-0.25, -0.2) is 0 Å². The monoisotopic (exact) mass is 238 g/mol. The van der Waals surface area contributed by atoms with E-state index in [2.05, 4.69) is 10.2 Å². The van der Waals surface area contributed by atoms with Gasteiger partial charge in [0.1, 0.15) is 5.76 Å². The summed E-state index contributed by atoms with van der Waals surface area (Å²) in [5.41, 5.74) is 0. The molecule has 1 N–H and O–H groups in total. The fraction of sp³-hybridized carbons (Fsp3) is 0.583. The first-order valence-electron chi connectivity index (χ1n) is 5.94. The van der Waals surface area contributed by atoms with E-state index in [0.717, 1.165) is 32.8 Å². The van der Waals surface area contributed by atoms with Gasteiger partial charge in [-0.2, -0.15) is 0 Å². The lowest BCUT2D eigenvalue weighted by atomic mass is 10.3. The minimum atomic E-state index is 0.00760. The van der Waals surface area contributed by atoms with Crippen LogP contribution in [-0.4, -0.2) is 50.2 Å². The predicted octanol–water partition coefficient (Wildman–Crippen LogP) is 0.270. The summed E-state index contributed by atoms with van der Waals surface area (Å²) in [6.45, 7) is 5.05. The van der Waals surface area contributed by atoms with E-state index >= 15 is 0 Å². The minimum absolute atomic E-state index is 0.00760. The van der Waals surface area contributed by atoms with Crippen molar-refractivity contribution in [2.24, 2.45) is 0 Å². The molecule has 1 aliphatic rings. The van der Waals surface area contributed by atoms with E-state index in [1.807, 2.05) is 6.07 Å². The van der Waals surface area contributed by atoms with Crippen LogP contribution in [-0.2, 0) is 16.0 Å². The first-order valence-corrected chi connectivity index (χ1v) is 5.94. The van der Waals surface area contributed by atoms with Gasteiger partial charge in [0.25, 0.3) is 0 Å². The molecule has 94 valence electrons. The first-order chi connectivity index (χ1) is 8.34. The van der Waals surface area contributed by atoms with Crippen molar-refractivity contribution in [2.45, 2.75) is 6.42 Å². The maximum Gasteiger partial charge on any atom is 0.227 e. The second-order valence-corrected chi connectivity index (χ2v) is 4.06. The summed E-state index contributed by atoms with van der Waals surface area (Å²) in [5, 5.41) is 2.89. The minimum Gasteiger partial charge on any atom is -0.469 e. The fourth-order valence-corrected chi connectivity index (χ4v) is 1.81. The van der Waals surface area contributed by atoms with Crippen LogP contribution in [0.15, 0.2) is 22.8 Å². The van der Waals surface area contributed by atoms with E-state index in [9.17, 15) is 4.79 Å². The van der Waals surface area contributed by atoms with Crippen molar-refractivity contribution >= 4 is 5.91 Å². The molecule has 0 radical (unpaired) electrons. The van der Waals surface area contributed by atoms with E-state index in [-0.39, 0.29) is 5.91 Å². The zero-order valence-electron chi connectivity index (χ0n) is 9.85. The van der Waals surface area contributed by atoms with Gasteiger partial charge in [-0.1, -0.05) is 0 Å². The SMILES string of the molecule is O=C(Cc1ccco1)NCCN1CCOCC1. The van der Waals surface area contributed by atoms with Gasteiger partial charge in [-0.05, 0) is 12.1 Å². The summed E-state index contributed by atoms with van der Waals surface area (Å²) >= 11 is 0. The van der Waals surface area contributed by atoms with Gasteiger partial charge in [0, 0.05) is 26.2 Å². The van der Waals surface area contributed by atoms with Gasteiger partial charge in [0.05, 0.1) is 25.9 Å². The smallest absolute Gasteiger partial charge is 0.227 e. The molecule has 0 spiro atoms. The molecule has 1 amide bonds. The van der Waals surface area contributed by atoms with Crippen LogP contribution in [0.2, 0.25) is 0 Å². The Kier molecular flexibility index (Phi) is 4.58. The van der Waals surface area contributed by atoms with Gasteiger partial charge in [-0.15, -0.1) is 0 Å². The topological polar surface area (TPSA) is 54.7 Å². The lowest BCUT2D eigenvalue weighted by Crippen LogP contribution is -2.41. The number of furan rings is 1. The number of morpholine rings is 1. The molecular formula is C12H18N2O3. The molecule has 1 aromatic rings. The zero-order chi connectivity index (χ0) is 11.9. The molecule has 0 saturated carbocycles. The van der Waals surface area contributed by atoms with Gasteiger partial charge >= 0.3 is 0 Å². The molecule has 0 atom stereocenters. The Balaban J connectivity index is 1.59. The van der Waals surface area contributed by atoms with Gasteiger partial charge < -0.3 is 14.5 Å². The molecule has 5 nitrogen and oxygen atoms in total. The Morgan fingerprint density at radius 2 is 2.24 bits per heavy atom. The molecule has 0 aromatic carbocycles. The highest BCUT2D eigenvalue weighted by Crippen LogP contribution is 2.00. The number of rotatable bonds is 5. The van der Waals surface area contributed by atoms with Crippen LogP contribution in [0, 0.1) is 0 Å². The maximum absolute atomic E-state index is 11.5. The van der Waals surface area contributed by atoms with Crippen LogP contribution in [0.3, 0.4) is 0 Å². The van der Waals surface area contributed by atoms with Crippen molar-refractivity contribution in [3.05, 3.63) is 24.2 Å². The second-order valence-electron chi connectivity index (χ2n) is 4.06. The molecule has 0 aliphatic carbocycles. The lowest BCUT2D eigenvalue weighted by molar-refractivity contribution is -0.120. The number of hydrogen-bond acceptors (Lipinski definition) is 4. The summed E-state index contributed by atoms with van der Waals surface area (Å²) in [5.74, 6) is 0.710. The van der Waals surface area contributed by atoms with Gasteiger partial charge in [0.15, 0.2) is 0 Å². The molecule has 2 rings (SSSR count). The largest absolute Gasteiger partial charge is 0.469 e. The van der Waals surface area contributed by atoms with Crippen LogP contribution >= 0.6 is 0 Å². The highest BCUT2D eigenvalue weighted by Gasteiger charge is 2.10. The molecule has 1 saturated heterocycles. The average Bonchev–Trinajstić information content (AvgIpc) is 2.83. The summed E-state index contributed by atoms with van der Waals surface area (Å²) in [6.07, 6.45) is 1.90. The number of nitrogens with one attached hydrogen (secondary N) is 1. The van der Waals surface area contributed by atoms with Crippen molar-refractivity contribution < 1.29 is 13.9 Å². The van der Waals surface area contributed by atoms with E-state index in [1.54, 1.807) is 12.3 Å². The molecule has 1 aromatic heterocycles. The summed E-state index contributed by atoms with van der Waals surface area (Å²) in [6, 6.07) is 3.60. The highest BCUT2D eigenvalue weighted by molar-refractivity contribution is 5.77. The van der Waals surface area contributed by atoms with Crippen molar-refractivity contribution in [1.82, 2.24) is 10.2 Å². The van der Waals surface area contributed by atoms with Crippen molar-refractivity contribution in [3.8, 4) is 0 Å². The Hall–Kier alpha value is -1.33. The van der Waals surface area contributed by atoms with Crippen LogP contribution in [0.5, 0.6) is 0 Å². The van der Waals surface area contributed by atoms with Crippen molar-refractivity contribution in [1.29, 1.82) is 0 Å². The Bertz CT molecular complexity index is 332. The summed E-state index contributed by atoms with van der Waals surface area (Å²) < 4.78 is 10.4. The van der Waals surface area contributed by atoms with Crippen molar-refractivity contribution in [2.75, 3.05) is 39.4 Å². The third-order valence-electron chi connectivity index (χ3n) is 2.77. The maximum atomic E-state index is 11.5. The van der Waals surface area contributed by atoms with E-state index in [1.165, 1.54) is 0 Å². The third-order valence-corrected chi connectivity index (χ3v) is 2.77. The van der Waals surface area contributed by atoms with Crippen LogP contribution in [0.4, 0.5) is 0 Å². The van der Waals surface area contributed by atoms with E-state index in [4.69, 9.17) is 9.15 Å². The molecule has 2 heterocycles.